The van der Waals surface area contributed by atoms with Gasteiger partial charge in [0.1, 0.15) is 5.75 Å². The maximum atomic E-state index is 5.16. The van der Waals surface area contributed by atoms with Crippen molar-refractivity contribution < 1.29 is 4.74 Å². The second kappa shape index (κ2) is 5.62. The van der Waals surface area contributed by atoms with Crippen LogP contribution in [0.1, 0.15) is 17.5 Å². The van der Waals surface area contributed by atoms with E-state index in [4.69, 9.17) is 4.74 Å². The second-order valence-electron chi connectivity index (χ2n) is 3.01. The Balaban J connectivity index is 2.88. The van der Waals surface area contributed by atoms with Gasteiger partial charge in [0.15, 0.2) is 0 Å². The minimum atomic E-state index is 0.802. The highest BCUT2D eigenvalue weighted by molar-refractivity contribution is 7.80. The molecule has 1 nitrogen and oxygen atoms in total. The summed E-state index contributed by atoms with van der Waals surface area (Å²) in [4.78, 5) is 0. The van der Waals surface area contributed by atoms with Gasteiger partial charge in [-0.15, -0.1) is 0 Å². The van der Waals surface area contributed by atoms with Crippen LogP contribution in [0, 0.1) is 18.8 Å². The number of methoxy groups -OCH3 is 1. The highest BCUT2D eigenvalue weighted by atomic mass is 32.1. The SMILES string of the molecule is COc1cc(C)cc(C#CCCS)c1. The van der Waals surface area contributed by atoms with Crippen molar-refractivity contribution in [3.8, 4) is 17.6 Å². The molecular formula is C12H14OS. The van der Waals surface area contributed by atoms with Crippen LogP contribution >= 0.6 is 12.6 Å². The van der Waals surface area contributed by atoms with Crippen molar-refractivity contribution in [2.45, 2.75) is 13.3 Å². The zero-order chi connectivity index (χ0) is 10.4. The molecule has 0 aliphatic heterocycles. The zero-order valence-electron chi connectivity index (χ0n) is 8.50. The Morgan fingerprint density at radius 3 is 2.79 bits per heavy atom. The molecule has 1 aromatic rings. The van der Waals surface area contributed by atoms with Gasteiger partial charge < -0.3 is 4.74 Å². The maximum absolute atomic E-state index is 5.16. The predicted molar refractivity (Wildman–Crippen MR) is 63.1 cm³/mol. The first-order valence-electron chi connectivity index (χ1n) is 4.51. The lowest BCUT2D eigenvalue weighted by Crippen LogP contribution is -1.85. The van der Waals surface area contributed by atoms with Crippen molar-refractivity contribution >= 4 is 12.6 Å². The van der Waals surface area contributed by atoms with Crippen LogP contribution in [-0.4, -0.2) is 12.9 Å². The molecule has 14 heavy (non-hydrogen) atoms. The molecule has 1 rings (SSSR count). The van der Waals surface area contributed by atoms with E-state index in [2.05, 4.69) is 24.5 Å². The molecule has 1 aromatic carbocycles. The van der Waals surface area contributed by atoms with Gasteiger partial charge in [-0.1, -0.05) is 11.8 Å². The van der Waals surface area contributed by atoms with Crippen molar-refractivity contribution in [2.24, 2.45) is 0 Å². The van der Waals surface area contributed by atoms with E-state index in [1.807, 2.05) is 25.1 Å². The average Bonchev–Trinajstić information content (AvgIpc) is 2.17. The molecular weight excluding hydrogens is 192 g/mol. The van der Waals surface area contributed by atoms with Crippen LogP contribution in [0.15, 0.2) is 18.2 Å². The van der Waals surface area contributed by atoms with E-state index in [1.165, 1.54) is 5.56 Å². The number of rotatable bonds is 2. The number of benzene rings is 1. The minimum Gasteiger partial charge on any atom is -0.497 e. The highest BCUT2D eigenvalue weighted by Crippen LogP contribution is 2.15. The van der Waals surface area contributed by atoms with Gasteiger partial charge in [-0.05, 0) is 30.7 Å². The summed E-state index contributed by atoms with van der Waals surface area (Å²) in [6.45, 7) is 2.03. The van der Waals surface area contributed by atoms with E-state index in [0.29, 0.717) is 0 Å². The fraction of sp³-hybridized carbons (Fsp3) is 0.333. The van der Waals surface area contributed by atoms with Crippen LogP contribution in [0.25, 0.3) is 0 Å². The van der Waals surface area contributed by atoms with Gasteiger partial charge in [-0.25, -0.2) is 0 Å². The molecule has 0 amide bonds. The van der Waals surface area contributed by atoms with Crippen LogP contribution < -0.4 is 4.74 Å². The van der Waals surface area contributed by atoms with Crippen molar-refractivity contribution in [2.75, 3.05) is 12.9 Å². The van der Waals surface area contributed by atoms with Gasteiger partial charge in [-0.3, -0.25) is 0 Å². The van der Waals surface area contributed by atoms with E-state index in [0.717, 1.165) is 23.5 Å². The normalized spacial score (nSPS) is 9.07. The van der Waals surface area contributed by atoms with E-state index in [-0.39, 0.29) is 0 Å². The van der Waals surface area contributed by atoms with E-state index < -0.39 is 0 Å². The number of hydrogen-bond donors (Lipinski definition) is 1. The zero-order valence-corrected chi connectivity index (χ0v) is 9.40. The number of aryl methyl sites for hydroxylation is 1. The fourth-order valence-electron chi connectivity index (χ4n) is 1.16. The Morgan fingerprint density at radius 1 is 1.36 bits per heavy atom. The first kappa shape index (κ1) is 11.0. The third-order valence-electron chi connectivity index (χ3n) is 1.76. The molecule has 74 valence electrons. The molecule has 0 aromatic heterocycles. The molecule has 0 unspecified atom stereocenters. The molecule has 0 bridgehead atoms. The van der Waals surface area contributed by atoms with Crippen LogP contribution in [-0.2, 0) is 0 Å². The maximum Gasteiger partial charge on any atom is 0.120 e. The van der Waals surface area contributed by atoms with Crippen LogP contribution in [0.3, 0.4) is 0 Å². The average molecular weight is 206 g/mol. The Kier molecular flexibility index (Phi) is 4.42. The molecule has 0 fully saturated rings. The van der Waals surface area contributed by atoms with E-state index >= 15 is 0 Å². The monoisotopic (exact) mass is 206 g/mol. The topological polar surface area (TPSA) is 9.23 Å². The van der Waals surface area contributed by atoms with Gasteiger partial charge in [0.25, 0.3) is 0 Å². The summed E-state index contributed by atoms with van der Waals surface area (Å²) in [5, 5.41) is 0. The Morgan fingerprint density at radius 2 is 2.14 bits per heavy atom. The number of thiol groups is 1. The van der Waals surface area contributed by atoms with Gasteiger partial charge in [0, 0.05) is 17.7 Å². The summed E-state index contributed by atoms with van der Waals surface area (Å²) in [7, 11) is 1.67. The summed E-state index contributed by atoms with van der Waals surface area (Å²) in [5.41, 5.74) is 2.17. The van der Waals surface area contributed by atoms with Crippen molar-refractivity contribution in [3.63, 3.8) is 0 Å². The van der Waals surface area contributed by atoms with E-state index in [1.54, 1.807) is 7.11 Å². The molecule has 0 aliphatic carbocycles. The first-order chi connectivity index (χ1) is 6.76. The number of ether oxygens (including phenoxy) is 1. The molecule has 0 spiro atoms. The Labute approximate surface area is 90.9 Å². The standard InChI is InChI=1S/C12H14OS/c1-10-7-11(5-3-4-6-14)9-12(8-10)13-2/h7-9,14H,4,6H2,1-2H3. The Bertz CT molecular complexity index is 360. The quantitative estimate of drug-likeness (QED) is 0.578. The van der Waals surface area contributed by atoms with Crippen LogP contribution in [0.2, 0.25) is 0 Å². The van der Waals surface area contributed by atoms with Crippen LogP contribution in [0.5, 0.6) is 5.75 Å². The lowest BCUT2D eigenvalue weighted by atomic mass is 10.1. The summed E-state index contributed by atoms with van der Waals surface area (Å²) in [5.74, 6) is 7.79. The molecule has 0 atom stereocenters. The largest absolute Gasteiger partial charge is 0.497 e. The van der Waals surface area contributed by atoms with Gasteiger partial charge in [0.2, 0.25) is 0 Å². The third kappa shape index (κ3) is 3.35. The summed E-state index contributed by atoms with van der Waals surface area (Å²) in [6.07, 6.45) is 0.819. The van der Waals surface area contributed by atoms with Gasteiger partial charge in [0.05, 0.1) is 7.11 Å². The van der Waals surface area contributed by atoms with Gasteiger partial charge in [-0.2, -0.15) is 12.6 Å². The fourth-order valence-corrected chi connectivity index (χ4v) is 1.27. The molecule has 0 saturated carbocycles. The van der Waals surface area contributed by atoms with Crippen molar-refractivity contribution in [3.05, 3.63) is 29.3 Å². The highest BCUT2D eigenvalue weighted by Gasteiger charge is 1.95. The van der Waals surface area contributed by atoms with Gasteiger partial charge >= 0.3 is 0 Å². The van der Waals surface area contributed by atoms with Crippen molar-refractivity contribution in [1.82, 2.24) is 0 Å². The second-order valence-corrected chi connectivity index (χ2v) is 3.46. The Hall–Kier alpha value is -1.07. The molecule has 0 heterocycles. The summed E-state index contributed by atoms with van der Waals surface area (Å²) in [6, 6.07) is 5.98. The summed E-state index contributed by atoms with van der Waals surface area (Å²) >= 11 is 4.10. The first-order valence-corrected chi connectivity index (χ1v) is 5.15. The summed E-state index contributed by atoms with van der Waals surface area (Å²) < 4.78 is 5.16. The molecule has 2 heteroatoms. The molecule has 0 aliphatic rings. The predicted octanol–water partition coefficient (Wildman–Crippen LogP) is 2.68. The lowest BCUT2D eigenvalue weighted by molar-refractivity contribution is 0.414. The third-order valence-corrected chi connectivity index (χ3v) is 1.98. The van der Waals surface area contributed by atoms with Crippen LogP contribution in [0.4, 0.5) is 0 Å². The smallest absolute Gasteiger partial charge is 0.120 e. The van der Waals surface area contributed by atoms with E-state index in [9.17, 15) is 0 Å². The lowest BCUT2D eigenvalue weighted by Gasteiger charge is -2.01. The van der Waals surface area contributed by atoms with Crippen molar-refractivity contribution in [1.29, 1.82) is 0 Å². The minimum absolute atomic E-state index is 0.802. The molecule has 0 radical (unpaired) electrons. The molecule has 0 N–H and O–H groups in total. The molecule has 0 saturated heterocycles. The number of hydrogen-bond acceptors (Lipinski definition) is 2.